The molecule has 0 unspecified atom stereocenters. The molecule has 1 saturated heterocycles. The monoisotopic (exact) mass is 364 g/mol. The molecule has 0 aliphatic carbocycles. The smallest absolute Gasteiger partial charge is 0.400 e. The molecule has 1 N–H and O–H groups in total. The van der Waals surface area contributed by atoms with Gasteiger partial charge in [-0.05, 0) is 45.2 Å². The van der Waals surface area contributed by atoms with Crippen molar-refractivity contribution >= 4 is 7.12 Å². The zero-order valence-corrected chi connectivity index (χ0v) is 16.6. The zero-order chi connectivity index (χ0) is 19.5. The first kappa shape index (κ1) is 19.9. The average molecular weight is 364 g/mol. The van der Waals surface area contributed by atoms with Crippen LogP contribution in [0.4, 0.5) is 0 Å². The highest BCUT2D eigenvalue weighted by atomic mass is 16.7. The highest BCUT2D eigenvalue weighted by Crippen LogP contribution is 2.37. The van der Waals surface area contributed by atoms with E-state index >= 15 is 0 Å². The molecule has 0 amide bonds. The Morgan fingerprint density at radius 1 is 0.889 bits per heavy atom. The van der Waals surface area contributed by atoms with Crippen LogP contribution in [0.3, 0.4) is 0 Å². The average Bonchev–Trinajstić information content (AvgIpc) is 2.86. The number of hydrogen-bond donors (Lipinski definition) is 1. The number of benzene rings is 2. The summed E-state index contributed by atoms with van der Waals surface area (Å²) in [6.45, 7) is 8.17. The van der Waals surface area contributed by atoms with Crippen molar-refractivity contribution in [2.45, 2.75) is 51.4 Å². The van der Waals surface area contributed by atoms with Gasteiger partial charge in [-0.1, -0.05) is 72.7 Å². The topological polar surface area (TPSA) is 38.7 Å². The predicted molar refractivity (Wildman–Crippen MR) is 110 cm³/mol. The van der Waals surface area contributed by atoms with Crippen LogP contribution < -0.4 is 0 Å². The lowest BCUT2D eigenvalue weighted by molar-refractivity contribution is 0.00578. The van der Waals surface area contributed by atoms with Gasteiger partial charge in [-0.25, -0.2) is 0 Å². The summed E-state index contributed by atoms with van der Waals surface area (Å²) in [7, 11) is -0.406. The summed E-state index contributed by atoms with van der Waals surface area (Å²) in [5.74, 6) is 1.87. The van der Waals surface area contributed by atoms with Gasteiger partial charge in [-0.15, -0.1) is 0 Å². The van der Waals surface area contributed by atoms with E-state index in [2.05, 4.69) is 12.1 Å². The van der Waals surface area contributed by atoms with Gasteiger partial charge < -0.3 is 14.4 Å². The minimum absolute atomic E-state index is 0.0752. The SMILES string of the molecule is CC1(C)OB(/C=C/[C@@H](Cc2ccccc2)[C@@H](O)c2ccccc2)OC1(C)C. The molecule has 0 bridgehead atoms. The second-order valence-corrected chi connectivity index (χ2v) is 8.22. The summed E-state index contributed by atoms with van der Waals surface area (Å²) < 4.78 is 12.1. The van der Waals surface area contributed by atoms with E-state index in [1.54, 1.807) is 0 Å². The highest BCUT2D eigenvalue weighted by Gasteiger charge is 2.50. The molecule has 1 fully saturated rings. The minimum Gasteiger partial charge on any atom is -0.400 e. The fourth-order valence-corrected chi connectivity index (χ4v) is 3.27. The van der Waals surface area contributed by atoms with Crippen molar-refractivity contribution in [3.63, 3.8) is 0 Å². The van der Waals surface area contributed by atoms with Gasteiger partial charge in [0.2, 0.25) is 0 Å². The molecule has 142 valence electrons. The molecule has 27 heavy (non-hydrogen) atoms. The fraction of sp³-hybridized carbons (Fsp3) is 0.391. The van der Waals surface area contributed by atoms with E-state index in [9.17, 15) is 5.11 Å². The van der Waals surface area contributed by atoms with E-state index < -0.39 is 13.2 Å². The van der Waals surface area contributed by atoms with Crippen LogP contribution in [0.15, 0.2) is 72.7 Å². The Morgan fingerprint density at radius 2 is 1.41 bits per heavy atom. The molecule has 1 heterocycles. The Hall–Kier alpha value is -1.88. The first-order valence-corrected chi connectivity index (χ1v) is 9.59. The van der Waals surface area contributed by atoms with Crippen LogP contribution >= 0.6 is 0 Å². The molecule has 2 aromatic rings. The lowest BCUT2D eigenvalue weighted by Crippen LogP contribution is -2.41. The molecule has 3 nitrogen and oxygen atoms in total. The Kier molecular flexibility index (Phi) is 5.90. The van der Waals surface area contributed by atoms with Gasteiger partial charge in [-0.2, -0.15) is 0 Å². The Balaban J connectivity index is 1.80. The van der Waals surface area contributed by atoms with Crippen molar-refractivity contribution in [2.24, 2.45) is 5.92 Å². The van der Waals surface area contributed by atoms with Crippen molar-refractivity contribution < 1.29 is 14.4 Å². The van der Waals surface area contributed by atoms with Crippen molar-refractivity contribution in [2.75, 3.05) is 0 Å². The van der Waals surface area contributed by atoms with Crippen LogP contribution in [-0.4, -0.2) is 23.4 Å². The van der Waals surface area contributed by atoms with Crippen molar-refractivity contribution in [1.29, 1.82) is 0 Å². The molecule has 1 aliphatic heterocycles. The lowest BCUT2D eigenvalue weighted by Gasteiger charge is -2.32. The predicted octanol–water partition coefficient (Wildman–Crippen LogP) is 4.77. The summed E-state index contributed by atoms with van der Waals surface area (Å²) in [5, 5.41) is 11.0. The summed E-state index contributed by atoms with van der Waals surface area (Å²) >= 11 is 0. The second kappa shape index (κ2) is 8.01. The van der Waals surface area contributed by atoms with Crippen LogP contribution in [0.25, 0.3) is 0 Å². The second-order valence-electron chi connectivity index (χ2n) is 8.22. The number of hydrogen-bond acceptors (Lipinski definition) is 3. The van der Waals surface area contributed by atoms with Gasteiger partial charge in [0.15, 0.2) is 0 Å². The molecule has 3 rings (SSSR count). The van der Waals surface area contributed by atoms with Gasteiger partial charge in [0.25, 0.3) is 0 Å². The number of aliphatic hydroxyl groups is 1. The van der Waals surface area contributed by atoms with E-state index in [4.69, 9.17) is 9.31 Å². The quantitative estimate of drug-likeness (QED) is 0.751. The van der Waals surface area contributed by atoms with Crippen LogP contribution in [0, 0.1) is 5.92 Å². The molecule has 0 aromatic heterocycles. The molecule has 2 atom stereocenters. The van der Waals surface area contributed by atoms with Crippen molar-refractivity contribution in [3.05, 3.63) is 83.8 Å². The largest absolute Gasteiger partial charge is 0.486 e. The van der Waals surface area contributed by atoms with E-state index in [0.29, 0.717) is 0 Å². The van der Waals surface area contributed by atoms with Crippen LogP contribution in [-0.2, 0) is 15.7 Å². The lowest BCUT2D eigenvalue weighted by atomic mass is 9.83. The van der Waals surface area contributed by atoms with Crippen LogP contribution in [0.1, 0.15) is 44.9 Å². The van der Waals surface area contributed by atoms with Gasteiger partial charge in [0.1, 0.15) is 0 Å². The van der Waals surface area contributed by atoms with E-state index in [1.807, 2.05) is 88.3 Å². The van der Waals surface area contributed by atoms with Crippen LogP contribution in [0.2, 0.25) is 0 Å². The Bertz CT molecular complexity index is 740. The third-order valence-electron chi connectivity index (χ3n) is 5.65. The van der Waals surface area contributed by atoms with Gasteiger partial charge in [0, 0.05) is 5.92 Å². The zero-order valence-electron chi connectivity index (χ0n) is 16.6. The molecule has 0 radical (unpaired) electrons. The maximum Gasteiger partial charge on any atom is 0.486 e. The maximum atomic E-state index is 11.0. The molecule has 4 heteroatoms. The fourth-order valence-electron chi connectivity index (χ4n) is 3.27. The summed E-state index contributed by atoms with van der Waals surface area (Å²) in [5.41, 5.74) is 1.37. The molecule has 2 aromatic carbocycles. The Morgan fingerprint density at radius 3 is 1.96 bits per heavy atom. The molecular formula is C23H29BO3. The molecule has 1 aliphatic rings. The van der Waals surface area contributed by atoms with Crippen molar-refractivity contribution in [1.82, 2.24) is 0 Å². The molecule has 0 saturated carbocycles. The normalized spacial score (nSPS) is 20.7. The number of aliphatic hydroxyl groups excluding tert-OH is 1. The third kappa shape index (κ3) is 4.70. The van der Waals surface area contributed by atoms with Crippen LogP contribution in [0.5, 0.6) is 0 Å². The van der Waals surface area contributed by atoms with Gasteiger partial charge >= 0.3 is 7.12 Å². The Labute approximate surface area is 163 Å². The summed E-state index contributed by atoms with van der Waals surface area (Å²) in [4.78, 5) is 0. The minimum atomic E-state index is -0.593. The molecular weight excluding hydrogens is 335 g/mol. The summed E-state index contributed by atoms with van der Waals surface area (Å²) in [6.07, 6.45) is 2.18. The van der Waals surface area contributed by atoms with E-state index in [-0.39, 0.29) is 17.1 Å². The highest BCUT2D eigenvalue weighted by molar-refractivity contribution is 6.51. The van der Waals surface area contributed by atoms with Crippen molar-refractivity contribution in [3.8, 4) is 0 Å². The standard InChI is InChI=1S/C23H29BO3/c1-22(2)23(3,4)27-24(26-22)16-15-20(17-18-11-7-5-8-12-18)21(25)19-13-9-6-10-14-19/h5-16,20-21,25H,17H2,1-4H3/b16-15+/t20-,21-/m0/s1. The first-order valence-electron chi connectivity index (χ1n) is 9.59. The maximum absolute atomic E-state index is 11.0. The molecule has 0 spiro atoms. The summed E-state index contributed by atoms with van der Waals surface area (Å²) in [6, 6.07) is 20.0. The number of rotatable bonds is 6. The van der Waals surface area contributed by atoms with Gasteiger partial charge in [-0.3, -0.25) is 0 Å². The van der Waals surface area contributed by atoms with E-state index in [0.717, 1.165) is 12.0 Å². The first-order chi connectivity index (χ1) is 12.8. The third-order valence-corrected chi connectivity index (χ3v) is 5.65. The van der Waals surface area contributed by atoms with Gasteiger partial charge in [0.05, 0.1) is 17.3 Å². The van der Waals surface area contributed by atoms with E-state index in [1.165, 1.54) is 5.56 Å².